The molecule has 4 rings (SSSR count). The van der Waals surface area contributed by atoms with Crippen LogP contribution in [0.15, 0.2) is 18.2 Å². The predicted octanol–water partition coefficient (Wildman–Crippen LogP) is 2.05. The summed E-state index contributed by atoms with van der Waals surface area (Å²) in [4.78, 5) is 13.5. The first-order valence-electron chi connectivity index (χ1n) is 9.12. The van der Waals surface area contributed by atoms with Crippen molar-refractivity contribution in [2.45, 2.75) is 25.6 Å². The zero-order valence-electron chi connectivity index (χ0n) is 15.6. The lowest BCUT2D eigenvalue weighted by molar-refractivity contribution is -0.137. The number of amides is 1. The number of hydrogen-bond acceptors (Lipinski definition) is 6. The Labute approximate surface area is 164 Å². The van der Waals surface area contributed by atoms with Crippen molar-refractivity contribution in [2.75, 3.05) is 31.2 Å². The fraction of sp³-hybridized carbons (Fsp3) is 0.421. The Morgan fingerprint density at radius 1 is 1.31 bits per heavy atom. The molecule has 0 aliphatic carbocycles. The molecule has 1 amide bonds. The molecule has 0 unspecified atom stereocenters. The highest BCUT2D eigenvalue weighted by atomic mass is 19.4. The average molecular weight is 408 g/mol. The number of aromatic hydroxyl groups is 1. The molecule has 2 N–H and O–H groups in total. The lowest BCUT2D eigenvalue weighted by Gasteiger charge is -2.28. The Morgan fingerprint density at radius 2 is 2.10 bits per heavy atom. The quantitative estimate of drug-likeness (QED) is 0.809. The Balaban J connectivity index is 1.59. The van der Waals surface area contributed by atoms with Crippen LogP contribution in [-0.2, 0) is 22.1 Å². The molecule has 3 heterocycles. The summed E-state index contributed by atoms with van der Waals surface area (Å²) in [6.45, 7) is 3.18. The van der Waals surface area contributed by atoms with Gasteiger partial charge in [0.25, 0.3) is 0 Å². The third-order valence-corrected chi connectivity index (χ3v) is 5.06. The Hall–Kier alpha value is -2.88. The minimum absolute atomic E-state index is 0.0617. The van der Waals surface area contributed by atoms with Gasteiger partial charge in [0, 0.05) is 24.2 Å². The van der Waals surface area contributed by atoms with E-state index in [2.05, 4.69) is 15.5 Å². The van der Waals surface area contributed by atoms with Crippen LogP contribution in [0, 0.1) is 6.92 Å². The van der Waals surface area contributed by atoms with Gasteiger partial charge in [0.15, 0.2) is 5.82 Å². The molecular formula is C19H19F3N4O3. The van der Waals surface area contributed by atoms with Crippen LogP contribution in [0.3, 0.4) is 0 Å². The highest BCUT2D eigenvalue weighted by molar-refractivity contribution is 5.78. The van der Waals surface area contributed by atoms with Gasteiger partial charge in [-0.1, -0.05) is 0 Å². The number of ether oxygens (including phenoxy) is 1. The Kier molecular flexibility index (Phi) is 4.81. The molecule has 10 heteroatoms. The second kappa shape index (κ2) is 7.18. The number of alkyl halides is 3. The molecule has 1 aromatic carbocycles. The zero-order chi connectivity index (χ0) is 20.8. The highest BCUT2D eigenvalue weighted by Crippen LogP contribution is 2.39. The number of carbonyl (C=O) groups excluding carboxylic acids is 1. The van der Waals surface area contributed by atoms with Crippen LogP contribution in [0.5, 0.6) is 5.75 Å². The number of carbonyl (C=O) groups is 1. The van der Waals surface area contributed by atoms with Gasteiger partial charge in [-0.25, -0.2) is 0 Å². The lowest BCUT2D eigenvalue weighted by Crippen LogP contribution is -2.51. The molecule has 1 atom stereocenters. The van der Waals surface area contributed by atoms with E-state index in [9.17, 15) is 23.1 Å². The van der Waals surface area contributed by atoms with Crippen LogP contribution in [0.4, 0.5) is 19.0 Å². The van der Waals surface area contributed by atoms with Crippen molar-refractivity contribution in [1.29, 1.82) is 0 Å². The molecule has 7 nitrogen and oxygen atoms in total. The largest absolute Gasteiger partial charge is 0.507 e. The van der Waals surface area contributed by atoms with Gasteiger partial charge in [0.1, 0.15) is 12.4 Å². The number of morpholine rings is 1. The van der Waals surface area contributed by atoms with Gasteiger partial charge >= 0.3 is 6.18 Å². The van der Waals surface area contributed by atoms with Crippen LogP contribution in [0.1, 0.15) is 16.7 Å². The number of nitrogens with zero attached hydrogens (tertiary/aromatic N) is 3. The number of anilines is 1. The summed E-state index contributed by atoms with van der Waals surface area (Å²) in [5.41, 5.74) is 0.803. The van der Waals surface area contributed by atoms with E-state index in [4.69, 9.17) is 4.74 Å². The van der Waals surface area contributed by atoms with Gasteiger partial charge in [-0.2, -0.15) is 13.2 Å². The monoisotopic (exact) mass is 408 g/mol. The molecule has 2 aliphatic heterocycles. The number of phenols is 1. The zero-order valence-corrected chi connectivity index (χ0v) is 15.6. The molecule has 2 aliphatic rings. The summed E-state index contributed by atoms with van der Waals surface area (Å²) < 4.78 is 44.1. The van der Waals surface area contributed by atoms with Crippen molar-refractivity contribution in [3.63, 3.8) is 0 Å². The second-order valence-electron chi connectivity index (χ2n) is 7.24. The Bertz CT molecular complexity index is 941. The summed E-state index contributed by atoms with van der Waals surface area (Å²) in [7, 11) is 0. The van der Waals surface area contributed by atoms with E-state index in [1.54, 1.807) is 6.07 Å². The fourth-order valence-corrected chi connectivity index (χ4v) is 3.77. The van der Waals surface area contributed by atoms with E-state index in [1.165, 1.54) is 6.92 Å². The van der Waals surface area contributed by atoms with E-state index >= 15 is 0 Å². The summed E-state index contributed by atoms with van der Waals surface area (Å²) in [6.07, 6.45) is -3.86. The number of phenolic OH excluding ortho intramolecular Hbond substituents is 1. The van der Waals surface area contributed by atoms with Gasteiger partial charge in [-0.3, -0.25) is 4.79 Å². The van der Waals surface area contributed by atoms with Crippen LogP contribution in [0.2, 0.25) is 0 Å². The number of halogens is 3. The van der Waals surface area contributed by atoms with Crippen LogP contribution in [0.25, 0.3) is 11.3 Å². The second-order valence-corrected chi connectivity index (χ2v) is 7.24. The van der Waals surface area contributed by atoms with Crippen molar-refractivity contribution in [2.24, 2.45) is 0 Å². The van der Waals surface area contributed by atoms with Gasteiger partial charge in [0.05, 0.1) is 23.9 Å². The molecule has 0 spiro atoms. The molecule has 1 saturated heterocycles. The molecule has 29 heavy (non-hydrogen) atoms. The number of aromatic nitrogens is 2. The van der Waals surface area contributed by atoms with Crippen LogP contribution < -0.4 is 10.2 Å². The minimum Gasteiger partial charge on any atom is -0.507 e. The summed E-state index contributed by atoms with van der Waals surface area (Å²) in [6, 6.07) is 3.29. The first-order valence-corrected chi connectivity index (χ1v) is 9.12. The number of nitrogens with one attached hydrogen (secondary N) is 1. The summed E-state index contributed by atoms with van der Waals surface area (Å²) in [5, 5.41) is 21.4. The standard InChI is InChI=1S/C19H19F3N4O3/c1-10-4-12(19(20,21)22)6-15(27)17(10)14-5-11-2-3-26(18(11)25-24-14)7-13-8-29-9-16(28)23-13/h4-6,13,27H,2-3,7-9H2,1H3,(H,23,28)/t13-/m0/s1. The van der Waals surface area contributed by atoms with E-state index in [0.717, 1.165) is 11.6 Å². The Morgan fingerprint density at radius 3 is 2.79 bits per heavy atom. The summed E-state index contributed by atoms with van der Waals surface area (Å²) >= 11 is 0. The predicted molar refractivity (Wildman–Crippen MR) is 97.5 cm³/mol. The van der Waals surface area contributed by atoms with Crippen LogP contribution >= 0.6 is 0 Å². The van der Waals surface area contributed by atoms with E-state index in [-0.39, 0.29) is 29.7 Å². The third-order valence-electron chi connectivity index (χ3n) is 5.06. The molecule has 0 saturated carbocycles. The first kappa shape index (κ1) is 19.4. The maximum atomic E-state index is 12.9. The first-order chi connectivity index (χ1) is 13.7. The van der Waals surface area contributed by atoms with Crippen molar-refractivity contribution in [3.05, 3.63) is 34.9 Å². The molecule has 0 radical (unpaired) electrons. The summed E-state index contributed by atoms with van der Waals surface area (Å²) in [5.74, 6) is 0.0245. The van der Waals surface area contributed by atoms with Crippen molar-refractivity contribution >= 4 is 11.7 Å². The van der Waals surface area contributed by atoms with Crippen molar-refractivity contribution in [3.8, 4) is 17.0 Å². The third kappa shape index (κ3) is 3.84. The van der Waals surface area contributed by atoms with Crippen molar-refractivity contribution < 1.29 is 27.8 Å². The lowest BCUT2D eigenvalue weighted by atomic mass is 9.99. The minimum atomic E-state index is -4.54. The van der Waals surface area contributed by atoms with Gasteiger partial charge in [-0.05, 0) is 37.1 Å². The van der Waals surface area contributed by atoms with Crippen LogP contribution in [-0.4, -0.2) is 53.6 Å². The van der Waals surface area contributed by atoms with Gasteiger partial charge < -0.3 is 20.1 Å². The van der Waals surface area contributed by atoms with Gasteiger partial charge in [0.2, 0.25) is 5.91 Å². The molecular weight excluding hydrogens is 389 g/mol. The maximum absolute atomic E-state index is 12.9. The van der Waals surface area contributed by atoms with E-state index < -0.39 is 17.5 Å². The SMILES string of the molecule is Cc1cc(C(F)(F)F)cc(O)c1-c1cc2c(nn1)N(C[C@H]1COCC(=O)N1)CC2. The van der Waals surface area contributed by atoms with Crippen molar-refractivity contribution in [1.82, 2.24) is 15.5 Å². The maximum Gasteiger partial charge on any atom is 0.416 e. The fourth-order valence-electron chi connectivity index (χ4n) is 3.77. The molecule has 0 bridgehead atoms. The molecule has 1 fully saturated rings. The number of benzene rings is 1. The molecule has 154 valence electrons. The number of rotatable bonds is 3. The molecule has 1 aromatic heterocycles. The molecule has 2 aromatic rings. The van der Waals surface area contributed by atoms with E-state index in [0.29, 0.717) is 43.7 Å². The van der Waals surface area contributed by atoms with Gasteiger partial charge in [-0.15, -0.1) is 10.2 Å². The number of fused-ring (bicyclic) bond motifs is 1. The average Bonchev–Trinajstić information content (AvgIpc) is 3.02. The van der Waals surface area contributed by atoms with E-state index in [1.807, 2.05) is 4.90 Å². The smallest absolute Gasteiger partial charge is 0.416 e. The number of hydrogen-bond donors (Lipinski definition) is 2. The highest BCUT2D eigenvalue weighted by Gasteiger charge is 2.33. The number of aryl methyl sites for hydroxylation is 1. The normalized spacial score (nSPS) is 19.2. The topological polar surface area (TPSA) is 87.6 Å².